The molecule has 0 rings (SSSR count). The molecule has 0 aromatic heterocycles. The van der Waals surface area contributed by atoms with E-state index in [0.717, 1.165) is 20.0 Å². The Kier molecular flexibility index (Phi) is 8.35. The van der Waals surface area contributed by atoms with Gasteiger partial charge in [0.05, 0.1) is 19.8 Å². The van der Waals surface area contributed by atoms with Crippen LogP contribution in [0, 0.1) is 5.92 Å². The number of unbranched alkanes of at least 4 members (excludes halogenated alkanes) is 1. The van der Waals surface area contributed by atoms with Gasteiger partial charge >= 0.3 is 11.9 Å². The second kappa shape index (κ2) is 8.95. The van der Waals surface area contributed by atoms with E-state index in [1.54, 1.807) is 0 Å². The standard InChI is InChI=1S/C11H20O6/c1-3-4-5-17-7-8(12)6-9(10(13)14)11(15)16-2/h8-9,12H,3-7H2,1-2H3,(H,13,14). The van der Waals surface area contributed by atoms with E-state index in [1.165, 1.54) is 0 Å². The van der Waals surface area contributed by atoms with Crippen molar-refractivity contribution in [1.29, 1.82) is 0 Å². The van der Waals surface area contributed by atoms with Crippen LogP contribution in [0.2, 0.25) is 0 Å². The van der Waals surface area contributed by atoms with Crippen LogP contribution in [-0.4, -0.2) is 48.6 Å². The molecule has 0 radical (unpaired) electrons. The van der Waals surface area contributed by atoms with Gasteiger partial charge in [-0.25, -0.2) is 0 Å². The summed E-state index contributed by atoms with van der Waals surface area (Å²) in [7, 11) is 1.11. The van der Waals surface area contributed by atoms with Gasteiger partial charge in [0.15, 0.2) is 5.92 Å². The number of methoxy groups -OCH3 is 1. The molecule has 2 atom stereocenters. The highest BCUT2D eigenvalue weighted by molar-refractivity contribution is 5.93. The third-order valence-electron chi connectivity index (χ3n) is 2.24. The molecule has 0 aliphatic heterocycles. The van der Waals surface area contributed by atoms with Crippen molar-refractivity contribution < 1.29 is 29.3 Å². The van der Waals surface area contributed by atoms with E-state index >= 15 is 0 Å². The van der Waals surface area contributed by atoms with Crippen molar-refractivity contribution in [3.8, 4) is 0 Å². The number of hydrogen-bond acceptors (Lipinski definition) is 5. The number of rotatable bonds is 9. The van der Waals surface area contributed by atoms with E-state index in [1.807, 2.05) is 6.92 Å². The summed E-state index contributed by atoms with van der Waals surface area (Å²) in [5.74, 6) is -3.50. The van der Waals surface area contributed by atoms with Crippen LogP contribution in [0.1, 0.15) is 26.2 Å². The quantitative estimate of drug-likeness (QED) is 0.349. The first kappa shape index (κ1) is 15.9. The third kappa shape index (κ3) is 6.91. The zero-order chi connectivity index (χ0) is 13.3. The van der Waals surface area contributed by atoms with E-state index < -0.39 is 24.0 Å². The number of aliphatic carboxylic acids is 1. The second-order valence-corrected chi connectivity index (χ2v) is 3.73. The molecule has 2 N–H and O–H groups in total. The van der Waals surface area contributed by atoms with Gasteiger partial charge in [0.25, 0.3) is 0 Å². The fourth-order valence-corrected chi connectivity index (χ4v) is 1.25. The number of carbonyl (C=O) groups is 2. The Bertz CT molecular complexity index is 240. The maximum Gasteiger partial charge on any atom is 0.320 e. The number of aliphatic hydroxyl groups is 1. The van der Waals surface area contributed by atoms with Gasteiger partial charge in [0.2, 0.25) is 0 Å². The highest BCUT2D eigenvalue weighted by atomic mass is 16.5. The van der Waals surface area contributed by atoms with Gasteiger partial charge in [0.1, 0.15) is 0 Å². The normalized spacial score (nSPS) is 14.1. The number of hydrogen-bond donors (Lipinski definition) is 2. The lowest BCUT2D eigenvalue weighted by molar-refractivity contribution is -0.158. The number of esters is 1. The van der Waals surface area contributed by atoms with Crippen LogP contribution in [0.4, 0.5) is 0 Å². The predicted molar refractivity (Wildman–Crippen MR) is 59.5 cm³/mol. The van der Waals surface area contributed by atoms with E-state index in [0.29, 0.717) is 6.61 Å². The van der Waals surface area contributed by atoms with E-state index in [9.17, 15) is 14.7 Å². The molecule has 100 valence electrons. The molecular formula is C11H20O6. The Morgan fingerprint density at radius 1 is 1.35 bits per heavy atom. The minimum Gasteiger partial charge on any atom is -0.481 e. The molecule has 0 amide bonds. The summed E-state index contributed by atoms with van der Waals surface area (Å²) in [5, 5.41) is 18.3. The van der Waals surface area contributed by atoms with Crippen molar-refractivity contribution in [3.05, 3.63) is 0 Å². The van der Waals surface area contributed by atoms with Crippen LogP contribution in [0.3, 0.4) is 0 Å². The van der Waals surface area contributed by atoms with Gasteiger partial charge in [-0.1, -0.05) is 13.3 Å². The van der Waals surface area contributed by atoms with Crippen molar-refractivity contribution in [2.45, 2.75) is 32.3 Å². The number of carboxylic acid groups (broad SMARTS) is 1. The van der Waals surface area contributed by atoms with Crippen LogP contribution >= 0.6 is 0 Å². The molecule has 17 heavy (non-hydrogen) atoms. The molecule has 6 heteroatoms. The molecule has 6 nitrogen and oxygen atoms in total. The van der Waals surface area contributed by atoms with Gasteiger partial charge in [-0.3, -0.25) is 9.59 Å². The molecule has 2 unspecified atom stereocenters. The zero-order valence-electron chi connectivity index (χ0n) is 10.2. The molecular weight excluding hydrogens is 228 g/mol. The van der Waals surface area contributed by atoms with Crippen LogP contribution in [0.5, 0.6) is 0 Å². The lowest BCUT2D eigenvalue weighted by Crippen LogP contribution is -2.31. The fraction of sp³-hybridized carbons (Fsp3) is 0.818. The molecule has 0 aliphatic rings. The molecule has 0 bridgehead atoms. The topological polar surface area (TPSA) is 93.1 Å². The first-order valence-electron chi connectivity index (χ1n) is 5.59. The third-order valence-corrected chi connectivity index (χ3v) is 2.24. The molecule has 0 aliphatic carbocycles. The monoisotopic (exact) mass is 248 g/mol. The van der Waals surface area contributed by atoms with Crippen LogP contribution in [-0.2, 0) is 19.1 Å². The summed E-state index contributed by atoms with van der Waals surface area (Å²) in [5.41, 5.74) is 0. The van der Waals surface area contributed by atoms with Crippen molar-refractivity contribution >= 4 is 11.9 Å². The largest absolute Gasteiger partial charge is 0.481 e. The summed E-state index contributed by atoms with van der Waals surface area (Å²) in [6, 6.07) is 0. The first-order chi connectivity index (χ1) is 8.02. The zero-order valence-corrected chi connectivity index (χ0v) is 10.2. The summed E-state index contributed by atoms with van der Waals surface area (Å²) < 4.78 is 9.48. The van der Waals surface area contributed by atoms with Crippen molar-refractivity contribution in [3.63, 3.8) is 0 Å². The van der Waals surface area contributed by atoms with E-state index in [2.05, 4.69) is 4.74 Å². The summed E-state index contributed by atoms with van der Waals surface area (Å²) in [6.07, 6.45) is 0.683. The Morgan fingerprint density at radius 3 is 2.47 bits per heavy atom. The molecule has 0 spiro atoms. The van der Waals surface area contributed by atoms with E-state index in [-0.39, 0.29) is 13.0 Å². The fourth-order valence-electron chi connectivity index (χ4n) is 1.25. The highest BCUT2D eigenvalue weighted by Crippen LogP contribution is 2.10. The maximum absolute atomic E-state index is 11.1. The average Bonchev–Trinajstić information content (AvgIpc) is 2.30. The van der Waals surface area contributed by atoms with Gasteiger partial charge < -0.3 is 19.7 Å². The van der Waals surface area contributed by atoms with Crippen LogP contribution in [0.15, 0.2) is 0 Å². The number of aliphatic hydroxyl groups excluding tert-OH is 1. The van der Waals surface area contributed by atoms with Gasteiger partial charge in [0, 0.05) is 6.61 Å². The lowest BCUT2D eigenvalue weighted by Gasteiger charge is -2.15. The van der Waals surface area contributed by atoms with Gasteiger partial charge in [-0.15, -0.1) is 0 Å². The van der Waals surface area contributed by atoms with Crippen molar-refractivity contribution in [2.75, 3.05) is 20.3 Å². The summed E-state index contributed by atoms with van der Waals surface area (Å²) >= 11 is 0. The summed E-state index contributed by atoms with van der Waals surface area (Å²) in [6.45, 7) is 2.56. The molecule has 0 saturated heterocycles. The van der Waals surface area contributed by atoms with Crippen LogP contribution < -0.4 is 0 Å². The lowest BCUT2D eigenvalue weighted by atomic mass is 10.0. The summed E-state index contributed by atoms with van der Waals surface area (Å²) in [4.78, 5) is 21.9. The number of carboxylic acids is 1. The van der Waals surface area contributed by atoms with Gasteiger partial charge in [-0.05, 0) is 12.8 Å². The Labute approximate surface area is 101 Å². The SMILES string of the molecule is CCCCOCC(O)CC(C(=O)O)C(=O)OC. The predicted octanol–water partition coefficient (Wildman–Crippen LogP) is 0.428. The molecule has 0 heterocycles. The molecule has 0 fully saturated rings. The molecule has 0 aromatic rings. The second-order valence-electron chi connectivity index (χ2n) is 3.73. The number of ether oxygens (including phenoxy) is 2. The first-order valence-corrected chi connectivity index (χ1v) is 5.59. The minimum atomic E-state index is -1.34. The van der Waals surface area contributed by atoms with Crippen molar-refractivity contribution in [1.82, 2.24) is 0 Å². The van der Waals surface area contributed by atoms with Crippen LogP contribution in [0.25, 0.3) is 0 Å². The van der Waals surface area contributed by atoms with Gasteiger partial charge in [-0.2, -0.15) is 0 Å². The number of carbonyl (C=O) groups excluding carboxylic acids is 1. The maximum atomic E-state index is 11.1. The van der Waals surface area contributed by atoms with E-state index in [4.69, 9.17) is 9.84 Å². The molecule has 0 saturated carbocycles. The minimum absolute atomic E-state index is 0.0285. The highest BCUT2D eigenvalue weighted by Gasteiger charge is 2.29. The average molecular weight is 248 g/mol. The Balaban J connectivity index is 4.00. The van der Waals surface area contributed by atoms with Crippen molar-refractivity contribution in [2.24, 2.45) is 5.92 Å². The molecule has 0 aromatic carbocycles. The Morgan fingerprint density at radius 2 is 2.00 bits per heavy atom. The smallest absolute Gasteiger partial charge is 0.320 e. The Hall–Kier alpha value is -1.14.